The van der Waals surface area contributed by atoms with Crippen LogP contribution in [0.15, 0.2) is 42.3 Å². The summed E-state index contributed by atoms with van der Waals surface area (Å²) in [6, 6.07) is 4.63. The van der Waals surface area contributed by atoms with Gasteiger partial charge in [0.25, 0.3) is 0 Å². The Morgan fingerprint density at radius 3 is 2.92 bits per heavy atom. The molecule has 6 nitrogen and oxygen atoms in total. The Morgan fingerprint density at radius 1 is 1.44 bits per heavy atom. The van der Waals surface area contributed by atoms with Gasteiger partial charge in [0.15, 0.2) is 0 Å². The summed E-state index contributed by atoms with van der Waals surface area (Å²) in [5.74, 6) is -0.365. The number of aromatic nitrogens is 3. The summed E-state index contributed by atoms with van der Waals surface area (Å²) in [4.78, 5) is 21.9. The first kappa shape index (κ1) is 17.1. The predicted octanol–water partition coefficient (Wildman–Crippen LogP) is 3.12. The third-order valence-electron chi connectivity index (χ3n) is 3.65. The summed E-state index contributed by atoms with van der Waals surface area (Å²) in [6.45, 7) is 2.61. The molecule has 25 heavy (non-hydrogen) atoms. The third kappa shape index (κ3) is 4.21. The third-order valence-corrected chi connectivity index (χ3v) is 4.47. The second-order valence-electron chi connectivity index (χ2n) is 5.63. The molecule has 8 heteroatoms. The number of halogens is 1. The van der Waals surface area contributed by atoms with E-state index in [1.54, 1.807) is 52.4 Å². The first-order valence-corrected chi connectivity index (χ1v) is 8.57. The van der Waals surface area contributed by atoms with E-state index in [0.717, 1.165) is 10.7 Å². The lowest BCUT2D eigenvalue weighted by molar-refractivity contribution is 0.206. The van der Waals surface area contributed by atoms with E-state index < -0.39 is 0 Å². The van der Waals surface area contributed by atoms with Crippen molar-refractivity contribution in [2.24, 2.45) is 0 Å². The van der Waals surface area contributed by atoms with Crippen molar-refractivity contribution in [1.29, 1.82) is 0 Å². The number of urea groups is 1. The molecule has 0 atom stereocenters. The first-order valence-electron chi connectivity index (χ1n) is 7.69. The quantitative estimate of drug-likeness (QED) is 0.761. The van der Waals surface area contributed by atoms with Gasteiger partial charge in [-0.25, -0.2) is 19.2 Å². The summed E-state index contributed by atoms with van der Waals surface area (Å²) in [7, 11) is 1.70. The molecule has 2 heterocycles. The molecule has 0 aliphatic carbocycles. The van der Waals surface area contributed by atoms with Gasteiger partial charge in [-0.1, -0.05) is 6.07 Å². The highest BCUT2D eigenvalue weighted by Crippen LogP contribution is 2.15. The lowest BCUT2D eigenvalue weighted by atomic mass is 10.2. The molecule has 0 aliphatic heterocycles. The van der Waals surface area contributed by atoms with E-state index in [9.17, 15) is 9.18 Å². The molecule has 0 unspecified atom stereocenters. The number of imidazole rings is 1. The number of carbonyl (C=O) groups is 1. The standard InChI is InChI=1S/C17H18FN5OS/c1-12-21-14(10-25-12)9-22(2)17(24)20-8-13-3-4-16(15(18)7-13)23-6-5-19-11-23/h3-7,10-11H,8-9H2,1-2H3,(H,20,24). The van der Waals surface area contributed by atoms with Crippen molar-refractivity contribution < 1.29 is 9.18 Å². The van der Waals surface area contributed by atoms with Crippen LogP contribution in [0.3, 0.4) is 0 Å². The van der Waals surface area contributed by atoms with Crippen molar-refractivity contribution in [1.82, 2.24) is 24.8 Å². The number of nitrogens with one attached hydrogen (secondary N) is 1. The fourth-order valence-corrected chi connectivity index (χ4v) is 2.98. The largest absolute Gasteiger partial charge is 0.334 e. The summed E-state index contributed by atoms with van der Waals surface area (Å²) in [6.07, 6.45) is 4.80. The van der Waals surface area contributed by atoms with Crippen LogP contribution in [0.5, 0.6) is 0 Å². The number of hydrogen-bond acceptors (Lipinski definition) is 4. The van der Waals surface area contributed by atoms with E-state index in [0.29, 0.717) is 17.8 Å². The Balaban J connectivity index is 1.57. The molecule has 0 saturated heterocycles. The van der Waals surface area contributed by atoms with Crippen molar-refractivity contribution in [3.8, 4) is 5.69 Å². The monoisotopic (exact) mass is 359 g/mol. The van der Waals surface area contributed by atoms with E-state index in [1.807, 2.05) is 12.3 Å². The maximum atomic E-state index is 14.2. The molecule has 2 aromatic heterocycles. The molecule has 1 aromatic carbocycles. The minimum atomic E-state index is -0.365. The van der Waals surface area contributed by atoms with Crippen LogP contribution in [0, 0.1) is 12.7 Å². The van der Waals surface area contributed by atoms with Crippen molar-refractivity contribution in [2.75, 3.05) is 7.05 Å². The van der Waals surface area contributed by atoms with Gasteiger partial charge in [-0.2, -0.15) is 0 Å². The van der Waals surface area contributed by atoms with E-state index in [2.05, 4.69) is 15.3 Å². The molecule has 3 aromatic rings. The van der Waals surface area contributed by atoms with Crippen LogP contribution in [0.2, 0.25) is 0 Å². The minimum absolute atomic E-state index is 0.232. The zero-order valence-corrected chi connectivity index (χ0v) is 14.8. The second-order valence-corrected chi connectivity index (χ2v) is 6.69. The number of hydrogen-bond donors (Lipinski definition) is 1. The van der Waals surface area contributed by atoms with Gasteiger partial charge in [-0.15, -0.1) is 11.3 Å². The highest BCUT2D eigenvalue weighted by molar-refractivity contribution is 7.09. The van der Waals surface area contributed by atoms with Crippen LogP contribution >= 0.6 is 11.3 Å². The van der Waals surface area contributed by atoms with E-state index in [1.165, 1.54) is 12.4 Å². The van der Waals surface area contributed by atoms with Gasteiger partial charge >= 0.3 is 6.03 Å². The molecule has 130 valence electrons. The zero-order valence-electron chi connectivity index (χ0n) is 13.9. The Bertz CT molecular complexity index is 862. The van der Waals surface area contributed by atoms with Crippen LogP contribution in [-0.2, 0) is 13.1 Å². The molecule has 0 saturated carbocycles. The van der Waals surface area contributed by atoms with Gasteiger partial charge in [0.2, 0.25) is 0 Å². The highest BCUT2D eigenvalue weighted by atomic mass is 32.1. The van der Waals surface area contributed by atoms with Crippen LogP contribution in [-0.4, -0.2) is 32.5 Å². The van der Waals surface area contributed by atoms with Gasteiger partial charge in [0, 0.05) is 31.4 Å². The average Bonchev–Trinajstić information content (AvgIpc) is 3.24. The van der Waals surface area contributed by atoms with Crippen molar-refractivity contribution in [3.05, 3.63) is 64.4 Å². The molecule has 0 spiro atoms. The molecule has 1 N–H and O–H groups in total. The average molecular weight is 359 g/mol. The van der Waals surface area contributed by atoms with Gasteiger partial charge in [0.05, 0.1) is 29.3 Å². The Kier molecular flexibility index (Phi) is 5.08. The van der Waals surface area contributed by atoms with E-state index in [4.69, 9.17) is 0 Å². The zero-order chi connectivity index (χ0) is 17.8. The topological polar surface area (TPSA) is 63.1 Å². The lowest BCUT2D eigenvalue weighted by Gasteiger charge is -2.17. The number of rotatable bonds is 5. The van der Waals surface area contributed by atoms with E-state index >= 15 is 0 Å². The molecule has 0 radical (unpaired) electrons. The Morgan fingerprint density at radius 2 is 2.28 bits per heavy atom. The van der Waals surface area contributed by atoms with Crippen molar-refractivity contribution in [3.63, 3.8) is 0 Å². The number of benzene rings is 1. The summed E-state index contributed by atoms with van der Waals surface area (Å²) in [5, 5.41) is 5.69. The molecule has 0 fully saturated rings. The Labute approximate surface area is 149 Å². The molecule has 0 bridgehead atoms. The predicted molar refractivity (Wildman–Crippen MR) is 94.1 cm³/mol. The lowest BCUT2D eigenvalue weighted by Crippen LogP contribution is -2.36. The normalized spacial score (nSPS) is 10.7. The first-order chi connectivity index (χ1) is 12.0. The summed E-state index contributed by atoms with van der Waals surface area (Å²) >= 11 is 1.55. The maximum absolute atomic E-state index is 14.2. The number of amides is 2. The van der Waals surface area contributed by atoms with Crippen LogP contribution in [0.1, 0.15) is 16.3 Å². The highest BCUT2D eigenvalue weighted by Gasteiger charge is 2.11. The van der Waals surface area contributed by atoms with Gasteiger partial charge in [-0.05, 0) is 24.6 Å². The summed E-state index contributed by atoms with van der Waals surface area (Å²) < 4.78 is 15.8. The molecule has 3 rings (SSSR count). The fraction of sp³-hybridized carbons (Fsp3) is 0.235. The molecular weight excluding hydrogens is 341 g/mol. The smallest absolute Gasteiger partial charge is 0.317 e. The van der Waals surface area contributed by atoms with E-state index in [-0.39, 0.29) is 18.4 Å². The fourth-order valence-electron chi connectivity index (χ4n) is 2.38. The molecule has 2 amide bonds. The van der Waals surface area contributed by atoms with Crippen LogP contribution in [0.4, 0.5) is 9.18 Å². The second kappa shape index (κ2) is 7.43. The van der Waals surface area contributed by atoms with Crippen molar-refractivity contribution >= 4 is 17.4 Å². The van der Waals surface area contributed by atoms with Crippen LogP contribution in [0.25, 0.3) is 5.69 Å². The molecular formula is C17H18FN5OS. The minimum Gasteiger partial charge on any atom is -0.334 e. The number of carbonyl (C=O) groups excluding carboxylic acids is 1. The van der Waals surface area contributed by atoms with Gasteiger partial charge in [-0.3, -0.25) is 0 Å². The molecule has 0 aliphatic rings. The van der Waals surface area contributed by atoms with Gasteiger partial charge < -0.3 is 14.8 Å². The number of nitrogens with zero attached hydrogens (tertiary/aromatic N) is 4. The summed E-state index contributed by atoms with van der Waals surface area (Å²) in [5.41, 5.74) is 1.96. The van der Waals surface area contributed by atoms with Crippen molar-refractivity contribution in [2.45, 2.75) is 20.0 Å². The maximum Gasteiger partial charge on any atom is 0.317 e. The number of thiazole rings is 1. The number of aryl methyl sites for hydroxylation is 1. The van der Waals surface area contributed by atoms with Gasteiger partial charge in [0.1, 0.15) is 5.82 Å². The van der Waals surface area contributed by atoms with Crippen LogP contribution < -0.4 is 5.32 Å². The SMILES string of the molecule is Cc1nc(CN(C)C(=O)NCc2ccc(-n3ccnc3)c(F)c2)cs1. The Hall–Kier alpha value is -2.74.